The molecular formula is C17H34N2O2S. The minimum atomic E-state index is -0.649. The Labute approximate surface area is 141 Å². The Bertz CT molecular complexity index is 298. The number of rotatable bonds is 15. The van der Waals surface area contributed by atoms with Crippen LogP contribution < -0.4 is 11.1 Å². The maximum atomic E-state index is 11.6. The van der Waals surface area contributed by atoms with Gasteiger partial charge in [-0.15, -0.1) is 0 Å². The summed E-state index contributed by atoms with van der Waals surface area (Å²) in [7, 11) is 0. The summed E-state index contributed by atoms with van der Waals surface area (Å²) in [6.07, 6.45) is 14.3. The molecule has 0 saturated heterocycles. The van der Waals surface area contributed by atoms with Crippen LogP contribution in [0.3, 0.4) is 0 Å². The molecule has 0 aromatic carbocycles. The first-order valence-electron chi connectivity index (χ1n) is 8.81. The molecule has 0 aromatic rings. The van der Waals surface area contributed by atoms with E-state index in [0.29, 0.717) is 6.42 Å². The lowest BCUT2D eigenvalue weighted by Gasteiger charge is -2.12. The van der Waals surface area contributed by atoms with Crippen molar-refractivity contribution in [2.75, 3.05) is 5.75 Å². The van der Waals surface area contributed by atoms with Crippen LogP contribution in [0.15, 0.2) is 0 Å². The summed E-state index contributed by atoms with van der Waals surface area (Å²) in [6.45, 7) is 2.24. The smallest absolute Gasteiger partial charge is 0.240 e. The van der Waals surface area contributed by atoms with Gasteiger partial charge in [0.15, 0.2) is 0 Å². The molecule has 0 rings (SSSR count). The molecule has 3 N–H and O–H groups in total. The van der Waals surface area contributed by atoms with Gasteiger partial charge in [-0.2, -0.15) is 12.6 Å². The number of primary amides is 1. The van der Waals surface area contributed by atoms with Gasteiger partial charge in [0.2, 0.25) is 11.8 Å². The van der Waals surface area contributed by atoms with E-state index in [4.69, 9.17) is 5.73 Å². The second-order valence-electron chi connectivity index (χ2n) is 5.99. The molecule has 2 amide bonds. The number of nitrogens with one attached hydrogen (secondary N) is 1. The average molecular weight is 331 g/mol. The molecule has 0 aliphatic rings. The number of carbonyl (C=O) groups excluding carboxylic acids is 2. The third-order valence-corrected chi connectivity index (χ3v) is 4.23. The number of thiol groups is 1. The summed E-state index contributed by atoms with van der Waals surface area (Å²) in [5.41, 5.74) is 5.15. The highest BCUT2D eigenvalue weighted by molar-refractivity contribution is 7.80. The summed E-state index contributed by atoms with van der Waals surface area (Å²) in [5, 5.41) is 2.61. The van der Waals surface area contributed by atoms with Crippen molar-refractivity contribution in [3.63, 3.8) is 0 Å². The van der Waals surface area contributed by atoms with Crippen LogP contribution in [0.25, 0.3) is 0 Å². The Kier molecular flexibility index (Phi) is 14.7. The van der Waals surface area contributed by atoms with Gasteiger partial charge in [-0.05, 0) is 6.42 Å². The minimum Gasteiger partial charge on any atom is -0.368 e. The predicted octanol–water partition coefficient (Wildman–Crippen LogP) is 3.59. The van der Waals surface area contributed by atoms with E-state index in [1.54, 1.807) is 0 Å². The number of amides is 2. The van der Waals surface area contributed by atoms with E-state index in [9.17, 15) is 9.59 Å². The Morgan fingerprint density at radius 2 is 1.36 bits per heavy atom. The quantitative estimate of drug-likeness (QED) is 0.317. The van der Waals surface area contributed by atoms with Crippen molar-refractivity contribution in [3.8, 4) is 0 Å². The van der Waals surface area contributed by atoms with Crippen LogP contribution in [-0.4, -0.2) is 23.6 Å². The first-order valence-corrected chi connectivity index (χ1v) is 9.44. The maximum absolute atomic E-state index is 11.6. The molecule has 0 fully saturated rings. The van der Waals surface area contributed by atoms with E-state index in [0.717, 1.165) is 12.8 Å². The van der Waals surface area contributed by atoms with Gasteiger partial charge in [0.25, 0.3) is 0 Å². The van der Waals surface area contributed by atoms with E-state index in [1.165, 1.54) is 57.8 Å². The van der Waals surface area contributed by atoms with Gasteiger partial charge >= 0.3 is 0 Å². The number of nitrogens with two attached hydrogens (primary N) is 1. The second kappa shape index (κ2) is 15.2. The van der Waals surface area contributed by atoms with E-state index >= 15 is 0 Å². The number of hydrogen-bond acceptors (Lipinski definition) is 3. The fraction of sp³-hybridized carbons (Fsp3) is 0.882. The molecule has 0 aromatic heterocycles. The largest absolute Gasteiger partial charge is 0.368 e. The highest BCUT2D eigenvalue weighted by atomic mass is 32.1. The highest BCUT2D eigenvalue weighted by Gasteiger charge is 2.15. The van der Waals surface area contributed by atoms with Gasteiger partial charge in [0.05, 0.1) is 0 Å². The molecular weight excluding hydrogens is 296 g/mol. The van der Waals surface area contributed by atoms with Crippen molar-refractivity contribution in [2.24, 2.45) is 5.73 Å². The molecule has 5 heteroatoms. The fourth-order valence-corrected chi connectivity index (χ4v) is 2.69. The van der Waals surface area contributed by atoms with Crippen LogP contribution in [0, 0.1) is 0 Å². The molecule has 0 aliphatic carbocycles. The van der Waals surface area contributed by atoms with Crippen molar-refractivity contribution < 1.29 is 9.59 Å². The predicted molar refractivity (Wildman–Crippen MR) is 96.1 cm³/mol. The summed E-state index contributed by atoms with van der Waals surface area (Å²) in [6, 6.07) is -0.649. The van der Waals surface area contributed by atoms with Crippen molar-refractivity contribution in [2.45, 2.75) is 90.0 Å². The molecule has 0 heterocycles. The lowest BCUT2D eigenvalue weighted by Crippen LogP contribution is -2.45. The van der Waals surface area contributed by atoms with Gasteiger partial charge in [-0.3, -0.25) is 9.59 Å². The molecule has 130 valence electrons. The third kappa shape index (κ3) is 13.0. The lowest BCUT2D eigenvalue weighted by molar-refractivity contribution is -0.126. The topological polar surface area (TPSA) is 72.2 Å². The number of carbonyl (C=O) groups is 2. The monoisotopic (exact) mass is 330 g/mol. The van der Waals surface area contributed by atoms with Crippen LogP contribution >= 0.6 is 12.6 Å². The average Bonchev–Trinajstić information content (AvgIpc) is 2.50. The van der Waals surface area contributed by atoms with Gasteiger partial charge in [0.1, 0.15) is 6.04 Å². The zero-order chi connectivity index (χ0) is 16.6. The van der Waals surface area contributed by atoms with Crippen molar-refractivity contribution in [1.82, 2.24) is 5.32 Å². The van der Waals surface area contributed by atoms with Crippen LogP contribution in [0.2, 0.25) is 0 Å². The molecule has 0 saturated carbocycles. The van der Waals surface area contributed by atoms with Crippen molar-refractivity contribution >= 4 is 24.4 Å². The standard InChI is InChI=1S/C17H34N2O2S/c1-2-3-4-5-6-7-8-9-10-11-12-13-16(20)19-15(14-22)17(18)21/h15,22H,2-14H2,1H3,(H2,18,21)(H,19,20)/t15-/m0/s1. The van der Waals surface area contributed by atoms with E-state index in [1.807, 2.05) is 0 Å². The Hall–Kier alpha value is -0.710. The van der Waals surface area contributed by atoms with E-state index in [-0.39, 0.29) is 11.7 Å². The van der Waals surface area contributed by atoms with Gasteiger partial charge in [0, 0.05) is 12.2 Å². The second-order valence-corrected chi connectivity index (χ2v) is 6.36. The van der Waals surface area contributed by atoms with Crippen LogP contribution in [-0.2, 0) is 9.59 Å². The Balaban J connectivity index is 3.35. The molecule has 4 nitrogen and oxygen atoms in total. The number of hydrogen-bond donors (Lipinski definition) is 3. The summed E-state index contributed by atoms with van der Waals surface area (Å²) >= 11 is 4.00. The first-order chi connectivity index (χ1) is 10.6. The summed E-state index contributed by atoms with van der Waals surface area (Å²) in [5.74, 6) is -0.379. The molecule has 0 bridgehead atoms. The Morgan fingerprint density at radius 3 is 1.77 bits per heavy atom. The van der Waals surface area contributed by atoms with Crippen LogP contribution in [0.5, 0.6) is 0 Å². The summed E-state index contributed by atoms with van der Waals surface area (Å²) in [4.78, 5) is 22.6. The van der Waals surface area contributed by atoms with Crippen LogP contribution in [0.4, 0.5) is 0 Å². The number of unbranched alkanes of at least 4 members (excludes halogenated alkanes) is 10. The Morgan fingerprint density at radius 1 is 0.909 bits per heavy atom. The molecule has 0 spiro atoms. The fourth-order valence-electron chi connectivity index (χ4n) is 2.42. The maximum Gasteiger partial charge on any atom is 0.240 e. The third-order valence-electron chi connectivity index (χ3n) is 3.87. The van der Waals surface area contributed by atoms with E-state index in [2.05, 4.69) is 24.9 Å². The van der Waals surface area contributed by atoms with Crippen molar-refractivity contribution in [1.29, 1.82) is 0 Å². The first kappa shape index (κ1) is 21.3. The molecule has 0 unspecified atom stereocenters. The SMILES string of the molecule is CCCCCCCCCCCCCC(=O)N[C@@H](CS)C(N)=O. The van der Waals surface area contributed by atoms with Gasteiger partial charge < -0.3 is 11.1 Å². The van der Waals surface area contributed by atoms with Crippen molar-refractivity contribution in [3.05, 3.63) is 0 Å². The van der Waals surface area contributed by atoms with Crippen LogP contribution in [0.1, 0.15) is 84.0 Å². The normalized spacial score (nSPS) is 12.1. The zero-order valence-corrected chi connectivity index (χ0v) is 15.0. The molecule has 0 aliphatic heterocycles. The molecule has 0 radical (unpaired) electrons. The van der Waals surface area contributed by atoms with Gasteiger partial charge in [-0.1, -0.05) is 71.1 Å². The van der Waals surface area contributed by atoms with Gasteiger partial charge in [-0.25, -0.2) is 0 Å². The highest BCUT2D eigenvalue weighted by Crippen LogP contribution is 2.11. The summed E-state index contributed by atoms with van der Waals surface area (Å²) < 4.78 is 0. The van der Waals surface area contributed by atoms with E-state index < -0.39 is 11.9 Å². The molecule has 1 atom stereocenters. The minimum absolute atomic E-state index is 0.103. The lowest BCUT2D eigenvalue weighted by atomic mass is 10.1. The zero-order valence-electron chi connectivity index (χ0n) is 14.1. The molecule has 22 heavy (non-hydrogen) atoms.